The fourth-order valence-corrected chi connectivity index (χ4v) is 4.90. The van der Waals surface area contributed by atoms with E-state index >= 15 is 0 Å². The van der Waals surface area contributed by atoms with E-state index in [1.54, 1.807) is 11.9 Å². The number of anilines is 4. The molecule has 7 heteroatoms. The molecule has 3 aromatic rings. The van der Waals surface area contributed by atoms with Crippen LogP contribution in [0.2, 0.25) is 0 Å². The Balaban J connectivity index is 1.36. The summed E-state index contributed by atoms with van der Waals surface area (Å²) in [5.41, 5.74) is 5.47. The molecule has 0 unspecified atom stereocenters. The van der Waals surface area contributed by atoms with E-state index in [1.807, 2.05) is 19.2 Å². The van der Waals surface area contributed by atoms with Crippen molar-refractivity contribution in [1.29, 1.82) is 0 Å². The number of hydrogen-bond acceptors (Lipinski definition) is 7. The van der Waals surface area contributed by atoms with Gasteiger partial charge in [-0.15, -0.1) is 0 Å². The zero-order valence-electron chi connectivity index (χ0n) is 17.8. The van der Waals surface area contributed by atoms with Crippen LogP contribution in [0.25, 0.3) is 11.3 Å². The molecule has 1 fully saturated rings. The summed E-state index contributed by atoms with van der Waals surface area (Å²) in [6, 6.07) is 16.9. The standard InChI is InChI=1S/C24H26N6S/c1-3-12-30-21-7-5-4-6-20(21)23-22(31-30)17-25-24(27-23)26-18-8-10-19(11-9-18)29-15-13-28(2)14-16-29/h3-12,17H,13-16H2,1-2H3,(H,25,26,27). The number of likely N-dealkylation sites (N-methyl/N-ethyl adjacent to an activating group) is 1. The number of rotatable bonds is 4. The monoisotopic (exact) mass is 430 g/mol. The maximum Gasteiger partial charge on any atom is 0.227 e. The van der Waals surface area contributed by atoms with Crippen molar-refractivity contribution in [3.8, 4) is 11.3 Å². The molecule has 2 aliphatic rings. The Morgan fingerprint density at radius 1 is 1.00 bits per heavy atom. The Kier molecular flexibility index (Phi) is 5.53. The van der Waals surface area contributed by atoms with Gasteiger partial charge in [-0.05, 0) is 56.3 Å². The Morgan fingerprint density at radius 2 is 1.77 bits per heavy atom. The molecular formula is C24H26N6S. The van der Waals surface area contributed by atoms with Crippen molar-refractivity contribution < 1.29 is 0 Å². The topological polar surface area (TPSA) is 47.5 Å². The first-order chi connectivity index (χ1) is 15.2. The summed E-state index contributed by atoms with van der Waals surface area (Å²) >= 11 is 1.64. The Morgan fingerprint density at radius 3 is 2.55 bits per heavy atom. The zero-order chi connectivity index (χ0) is 21.2. The highest BCUT2D eigenvalue weighted by Gasteiger charge is 2.23. The van der Waals surface area contributed by atoms with Gasteiger partial charge in [0.25, 0.3) is 0 Å². The van der Waals surface area contributed by atoms with Gasteiger partial charge in [0.05, 0.1) is 16.3 Å². The van der Waals surface area contributed by atoms with E-state index in [-0.39, 0.29) is 0 Å². The average Bonchev–Trinajstić information content (AvgIpc) is 2.81. The summed E-state index contributed by atoms with van der Waals surface area (Å²) in [4.78, 5) is 15.3. The first kappa shape index (κ1) is 19.9. The molecule has 2 aromatic carbocycles. The Bertz CT molecular complexity index is 1090. The van der Waals surface area contributed by atoms with Gasteiger partial charge >= 0.3 is 0 Å². The molecule has 2 aliphatic heterocycles. The van der Waals surface area contributed by atoms with Crippen molar-refractivity contribution in [2.24, 2.45) is 0 Å². The lowest BCUT2D eigenvalue weighted by atomic mass is 10.1. The molecule has 1 saturated heterocycles. The molecule has 1 aromatic heterocycles. The van der Waals surface area contributed by atoms with Gasteiger partial charge in [0.2, 0.25) is 5.95 Å². The van der Waals surface area contributed by atoms with Crippen LogP contribution >= 0.6 is 11.9 Å². The number of allylic oxidation sites excluding steroid dienone is 1. The highest BCUT2D eigenvalue weighted by Crippen LogP contribution is 2.45. The van der Waals surface area contributed by atoms with Crippen LogP contribution in [0.3, 0.4) is 0 Å². The molecule has 5 rings (SSSR count). The zero-order valence-corrected chi connectivity index (χ0v) is 18.6. The van der Waals surface area contributed by atoms with E-state index < -0.39 is 0 Å². The maximum absolute atomic E-state index is 4.86. The smallest absolute Gasteiger partial charge is 0.227 e. The SMILES string of the molecule is CC=CN1Sc2cnc(Nc3ccc(N4CCN(C)CC4)cc3)nc2-c2ccccc21. The van der Waals surface area contributed by atoms with Gasteiger partial charge in [0, 0.05) is 55.5 Å². The number of nitrogens with zero attached hydrogens (tertiary/aromatic N) is 5. The molecule has 1 N–H and O–H groups in total. The van der Waals surface area contributed by atoms with Crippen LogP contribution < -0.4 is 14.5 Å². The van der Waals surface area contributed by atoms with Crippen molar-refractivity contribution >= 4 is 35.0 Å². The predicted octanol–water partition coefficient (Wildman–Crippen LogP) is 5.00. The summed E-state index contributed by atoms with van der Waals surface area (Å²) in [6.45, 7) is 6.37. The van der Waals surface area contributed by atoms with Crippen molar-refractivity contribution in [2.45, 2.75) is 11.8 Å². The molecule has 0 spiro atoms. The van der Waals surface area contributed by atoms with Crippen molar-refractivity contribution in [2.75, 3.05) is 47.7 Å². The molecular weight excluding hydrogens is 404 g/mol. The van der Waals surface area contributed by atoms with Gasteiger partial charge < -0.3 is 15.1 Å². The van der Waals surface area contributed by atoms with E-state index in [0.29, 0.717) is 5.95 Å². The van der Waals surface area contributed by atoms with Crippen LogP contribution in [0, 0.1) is 0 Å². The van der Waals surface area contributed by atoms with E-state index in [2.05, 4.69) is 86.2 Å². The van der Waals surface area contributed by atoms with E-state index in [4.69, 9.17) is 4.98 Å². The average molecular weight is 431 g/mol. The van der Waals surface area contributed by atoms with Crippen LogP contribution in [-0.2, 0) is 0 Å². The summed E-state index contributed by atoms with van der Waals surface area (Å²) in [5.74, 6) is 0.612. The van der Waals surface area contributed by atoms with Crippen LogP contribution in [0.15, 0.2) is 71.9 Å². The van der Waals surface area contributed by atoms with E-state index in [0.717, 1.165) is 53.7 Å². The van der Waals surface area contributed by atoms with Gasteiger partial charge in [-0.2, -0.15) is 0 Å². The quantitative estimate of drug-likeness (QED) is 0.585. The van der Waals surface area contributed by atoms with Gasteiger partial charge in [-0.25, -0.2) is 9.97 Å². The molecule has 0 atom stereocenters. The highest BCUT2D eigenvalue weighted by molar-refractivity contribution is 8.01. The van der Waals surface area contributed by atoms with Gasteiger partial charge in [0.1, 0.15) is 0 Å². The Hall–Kier alpha value is -3.03. The minimum absolute atomic E-state index is 0.612. The van der Waals surface area contributed by atoms with E-state index in [1.165, 1.54) is 5.69 Å². The number of aromatic nitrogens is 2. The van der Waals surface area contributed by atoms with Crippen molar-refractivity contribution in [3.05, 3.63) is 67.0 Å². The number of fused-ring (bicyclic) bond motifs is 3. The number of benzene rings is 2. The maximum atomic E-state index is 4.86. The molecule has 3 heterocycles. The number of para-hydroxylation sites is 1. The lowest BCUT2D eigenvalue weighted by molar-refractivity contribution is 0.313. The number of piperazine rings is 1. The van der Waals surface area contributed by atoms with Crippen molar-refractivity contribution in [3.63, 3.8) is 0 Å². The molecule has 0 amide bonds. The highest BCUT2D eigenvalue weighted by atomic mass is 32.2. The molecule has 0 radical (unpaired) electrons. The predicted molar refractivity (Wildman–Crippen MR) is 130 cm³/mol. The third-order valence-corrected chi connectivity index (χ3v) is 6.64. The second kappa shape index (κ2) is 8.61. The molecule has 158 valence electrons. The summed E-state index contributed by atoms with van der Waals surface area (Å²) in [7, 11) is 2.18. The molecule has 31 heavy (non-hydrogen) atoms. The van der Waals surface area contributed by atoms with Gasteiger partial charge in [-0.3, -0.25) is 4.31 Å². The van der Waals surface area contributed by atoms with Gasteiger partial charge in [-0.1, -0.05) is 24.3 Å². The Labute approximate surface area is 187 Å². The van der Waals surface area contributed by atoms with Crippen molar-refractivity contribution in [1.82, 2.24) is 14.9 Å². The summed E-state index contributed by atoms with van der Waals surface area (Å²) in [6.07, 6.45) is 6.01. The second-order valence-electron chi connectivity index (χ2n) is 7.79. The first-order valence-corrected chi connectivity index (χ1v) is 11.4. The summed E-state index contributed by atoms with van der Waals surface area (Å²) < 4.78 is 2.16. The third-order valence-electron chi connectivity index (χ3n) is 5.62. The molecule has 0 aliphatic carbocycles. The first-order valence-electron chi connectivity index (χ1n) is 10.6. The van der Waals surface area contributed by atoms with Gasteiger partial charge in [0.15, 0.2) is 0 Å². The van der Waals surface area contributed by atoms with Crippen LogP contribution in [0.5, 0.6) is 0 Å². The number of hydrogen-bond donors (Lipinski definition) is 1. The molecule has 0 saturated carbocycles. The minimum atomic E-state index is 0.612. The third kappa shape index (κ3) is 4.11. The fraction of sp³-hybridized carbons (Fsp3) is 0.250. The number of nitrogens with one attached hydrogen (secondary N) is 1. The molecule has 0 bridgehead atoms. The largest absolute Gasteiger partial charge is 0.369 e. The normalized spacial score (nSPS) is 16.3. The van der Waals surface area contributed by atoms with E-state index in [9.17, 15) is 0 Å². The van der Waals surface area contributed by atoms with Crippen LogP contribution in [0.1, 0.15) is 6.92 Å². The summed E-state index contributed by atoms with van der Waals surface area (Å²) in [5, 5.41) is 3.37. The minimum Gasteiger partial charge on any atom is -0.369 e. The lowest BCUT2D eigenvalue weighted by Gasteiger charge is -2.34. The fourth-order valence-electron chi connectivity index (χ4n) is 3.91. The second-order valence-corrected chi connectivity index (χ2v) is 8.80. The lowest BCUT2D eigenvalue weighted by Crippen LogP contribution is -2.44. The van der Waals surface area contributed by atoms with Crippen LogP contribution in [-0.4, -0.2) is 48.1 Å². The molecule has 6 nitrogen and oxygen atoms in total. The van der Waals surface area contributed by atoms with Crippen LogP contribution in [0.4, 0.5) is 23.0 Å².